The maximum Gasteiger partial charge on any atom is 0.264 e. The highest BCUT2D eigenvalue weighted by atomic mass is 35.5. The SMILES string of the molecule is Cc1cc(C(=O)N2CCC(O)(Cn3cnc4c(cnn4-c4ccccc4)c3=O)CC2)ccc1Cl. The molecule has 0 saturated carbocycles. The van der Waals surface area contributed by atoms with Crippen molar-refractivity contribution in [3.63, 3.8) is 0 Å². The smallest absolute Gasteiger partial charge is 0.264 e. The lowest BCUT2D eigenvalue weighted by Crippen LogP contribution is -2.49. The fourth-order valence-electron chi connectivity index (χ4n) is 4.38. The van der Waals surface area contributed by atoms with Crippen molar-refractivity contribution in [2.24, 2.45) is 0 Å². The lowest BCUT2D eigenvalue weighted by molar-refractivity contribution is -0.0299. The van der Waals surface area contributed by atoms with Gasteiger partial charge in [0.15, 0.2) is 5.65 Å². The fourth-order valence-corrected chi connectivity index (χ4v) is 4.50. The normalized spacial score (nSPS) is 15.6. The molecule has 4 aromatic rings. The third kappa shape index (κ3) is 4.10. The Morgan fingerprint density at radius 1 is 1.15 bits per heavy atom. The zero-order valence-corrected chi connectivity index (χ0v) is 19.4. The van der Waals surface area contributed by atoms with E-state index < -0.39 is 5.60 Å². The van der Waals surface area contributed by atoms with Gasteiger partial charge in [0.1, 0.15) is 11.7 Å². The maximum atomic E-state index is 13.1. The van der Waals surface area contributed by atoms with Crippen LogP contribution in [0.2, 0.25) is 5.02 Å². The monoisotopic (exact) mass is 477 g/mol. The first-order chi connectivity index (χ1) is 16.3. The number of carbonyl (C=O) groups excluding carboxylic acids is 1. The molecule has 3 heterocycles. The van der Waals surface area contributed by atoms with Crippen LogP contribution in [0.25, 0.3) is 16.7 Å². The first-order valence-electron chi connectivity index (χ1n) is 11.1. The van der Waals surface area contributed by atoms with Gasteiger partial charge in [-0.05, 0) is 55.7 Å². The fraction of sp³-hybridized carbons (Fsp3) is 0.280. The zero-order chi connectivity index (χ0) is 23.9. The van der Waals surface area contributed by atoms with E-state index in [1.54, 1.807) is 27.8 Å². The first kappa shape index (κ1) is 22.3. The van der Waals surface area contributed by atoms with E-state index in [4.69, 9.17) is 11.6 Å². The van der Waals surface area contributed by atoms with Crippen molar-refractivity contribution in [3.8, 4) is 5.69 Å². The van der Waals surface area contributed by atoms with Gasteiger partial charge in [-0.15, -0.1) is 0 Å². The number of aryl methyl sites for hydroxylation is 1. The van der Waals surface area contributed by atoms with Gasteiger partial charge in [0, 0.05) is 23.7 Å². The highest BCUT2D eigenvalue weighted by Gasteiger charge is 2.35. The van der Waals surface area contributed by atoms with E-state index in [0.29, 0.717) is 47.6 Å². The number of aromatic nitrogens is 4. The minimum atomic E-state index is -1.11. The second kappa shape index (κ2) is 8.70. The Morgan fingerprint density at radius 3 is 2.59 bits per heavy atom. The summed E-state index contributed by atoms with van der Waals surface area (Å²) in [5, 5.41) is 16.5. The Hall–Kier alpha value is -3.49. The van der Waals surface area contributed by atoms with Gasteiger partial charge in [-0.2, -0.15) is 5.10 Å². The number of benzene rings is 2. The quantitative estimate of drug-likeness (QED) is 0.487. The average Bonchev–Trinajstić information content (AvgIpc) is 3.28. The van der Waals surface area contributed by atoms with Crippen LogP contribution in [-0.4, -0.2) is 53.9 Å². The number of nitrogens with zero attached hydrogens (tertiary/aromatic N) is 5. The van der Waals surface area contributed by atoms with E-state index >= 15 is 0 Å². The molecule has 0 bridgehead atoms. The molecule has 174 valence electrons. The second-order valence-electron chi connectivity index (χ2n) is 8.79. The van der Waals surface area contributed by atoms with Crippen LogP contribution >= 0.6 is 11.6 Å². The van der Waals surface area contributed by atoms with Gasteiger partial charge in [0.05, 0.1) is 24.0 Å². The molecule has 1 N–H and O–H groups in total. The Kier molecular flexibility index (Phi) is 5.71. The Labute approximate surface area is 201 Å². The predicted molar refractivity (Wildman–Crippen MR) is 129 cm³/mol. The lowest BCUT2D eigenvalue weighted by Gasteiger charge is -2.38. The maximum absolute atomic E-state index is 13.1. The van der Waals surface area contributed by atoms with Gasteiger partial charge in [0.2, 0.25) is 0 Å². The van der Waals surface area contributed by atoms with E-state index in [1.165, 1.54) is 17.1 Å². The molecular weight excluding hydrogens is 454 g/mol. The van der Waals surface area contributed by atoms with E-state index in [2.05, 4.69) is 10.1 Å². The third-order valence-corrected chi connectivity index (χ3v) is 6.83. The summed E-state index contributed by atoms with van der Waals surface area (Å²) in [5.74, 6) is -0.0876. The van der Waals surface area contributed by atoms with Crippen molar-refractivity contribution in [1.82, 2.24) is 24.2 Å². The number of carbonyl (C=O) groups is 1. The molecule has 1 aliphatic rings. The van der Waals surface area contributed by atoms with Gasteiger partial charge in [0.25, 0.3) is 11.5 Å². The van der Waals surface area contributed by atoms with Gasteiger partial charge >= 0.3 is 0 Å². The van der Waals surface area contributed by atoms with Crippen molar-refractivity contribution in [3.05, 3.63) is 87.6 Å². The minimum absolute atomic E-state index is 0.0876. The molecule has 0 spiro atoms. The van der Waals surface area contributed by atoms with Crippen LogP contribution in [-0.2, 0) is 6.54 Å². The van der Waals surface area contributed by atoms with Crippen LogP contribution in [0.4, 0.5) is 0 Å². The van der Waals surface area contributed by atoms with Gasteiger partial charge in [-0.25, -0.2) is 9.67 Å². The molecule has 9 heteroatoms. The number of amides is 1. The van der Waals surface area contributed by atoms with Crippen LogP contribution in [0.15, 0.2) is 65.8 Å². The molecule has 0 atom stereocenters. The molecule has 34 heavy (non-hydrogen) atoms. The molecular formula is C25H24ClN5O3. The van der Waals surface area contributed by atoms with Crippen molar-refractivity contribution in [2.75, 3.05) is 13.1 Å². The molecule has 0 radical (unpaired) electrons. The number of aliphatic hydroxyl groups is 1. The van der Waals surface area contributed by atoms with Crippen LogP contribution in [0.3, 0.4) is 0 Å². The largest absolute Gasteiger partial charge is 0.388 e. The standard InChI is InChI=1S/C25H24ClN5O3/c1-17-13-18(7-8-21(17)26)23(32)29-11-9-25(34,10-12-29)15-30-16-27-22-20(24(30)33)14-28-31(22)19-5-3-2-4-6-19/h2-8,13-14,16,34H,9-12,15H2,1H3. The van der Waals surface area contributed by atoms with Gasteiger partial charge in [-0.1, -0.05) is 29.8 Å². The van der Waals surface area contributed by atoms with Crippen molar-refractivity contribution >= 4 is 28.5 Å². The highest BCUT2D eigenvalue weighted by molar-refractivity contribution is 6.31. The van der Waals surface area contributed by atoms with Gasteiger partial charge < -0.3 is 10.0 Å². The number of hydrogen-bond donors (Lipinski definition) is 1. The number of para-hydroxylation sites is 1. The molecule has 0 unspecified atom stereocenters. The Morgan fingerprint density at radius 2 is 1.88 bits per heavy atom. The molecule has 1 fully saturated rings. The Bertz CT molecular complexity index is 1420. The van der Waals surface area contributed by atoms with Crippen LogP contribution in [0, 0.1) is 6.92 Å². The second-order valence-corrected chi connectivity index (χ2v) is 9.19. The van der Waals surface area contributed by atoms with Crippen molar-refractivity contribution in [2.45, 2.75) is 31.9 Å². The molecule has 5 rings (SSSR count). The summed E-state index contributed by atoms with van der Waals surface area (Å²) in [6.07, 6.45) is 3.68. The van der Waals surface area contributed by atoms with E-state index in [9.17, 15) is 14.7 Å². The molecule has 1 saturated heterocycles. The van der Waals surface area contributed by atoms with Crippen LogP contribution in [0.1, 0.15) is 28.8 Å². The van der Waals surface area contributed by atoms with E-state index in [-0.39, 0.29) is 18.0 Å². The average molecular weight is 478 g/mol. The summed E-state index contributed by atoms with van der Waals surface area (Å²) in [7, 11) is 0. The molecule has 0 aliphatic carbocycles. The summed E-state index contributed by atoms with van der Waals surface area (Å²) in [5.41, 5.74) is 1.34. The van der Waals surface area contributed by atoms with Crippen LogP contribution in [0.5, 0.6) is 0 Å². The molecule has 8 nitrogen and oxygen atoms in total. The number of fused-ring (bicyclic) bond motifs is 1. The van der Waals surface area contributed by atoms with Crippen molar-refractivity contribution in [1.29, 1.82) is 0 Å². The number of hydrogen-bond acceptors (Lipinski definition) is 5. The summed E-state index contributed by atoms with van der Waals surface area (Å²) < 4.78 is 3.05. The third-order valence-electron chi connectivity index (χ3n) is 6.41. The zero-order valence-electron chi connectivity index (χ0n) is 18.7. The van der Waals surface area contributed by atoms with Gasteiger partial charge in [-0.3, -0.25) is 14.2 Å². The molecule has 2 aromatic heterocycles. The first-order valence-corrected chi connectivity index (χ1v) is 11.5. The molecule has 2 aromatic carbocycles. The molecule has 1 amide bonds. The molecule has 1 aliphatic heterocycles. The summed E-state index contributed by atoms with van der Waals surface area (Å²) in [6, 6.07) is 14.7. The number of likely N-dealkylation sites (tertiary alicyclic amines) is 1. The number of halogens is 1. The van der Waals surface area contributed by atoms with Crippen molar-refractivity contribution < 1.29 is 9.90 Å². The van der Waals surface area contributed by atoms with E-state index in [0.717, 1.165) is 11.3 Å². The summed E-state index contributed by atoms with van der Waals surface area (Å²) >= 11 is 6.07. The topological polar surface area (TPSA) is 93.2 Å². The summed E-state index contributed by atoms with van der Waals surface area (Å²) in [6.45, 7) is 2.76. The number of rotatable bonds is 4. The Balaban J connectivity index is 1.31. The van der Waals surface area contributed by atoms with E-state index in [1.807, 2.05) is 37.3 Å². The minimum Gasteiger partial charge on any atom is -0.388 e. The summed E-state index contributed by atoms with van der Waals surface area (Å²) in [4.78, 5) is 32.1. The highest BCUT2D eigenvalue weighted by Crippen LogP contribution is 2.26. The number of piperidine rings is 1. The lowest BCUT2D eigenvalue weighted by atomic mass is 9.91. The predicted octanol–water partition coefficient (Wildman–Crippen LogP) is 3.21. The van der Waals surface area contributed by atoms with Crippen LogP contribution < -0.4 is 5.56 Å².